The molecule has 0 fully saturated rings. The molecule has 0 aliphatic carbocycles. The topological polar surface area (TPSA) is 103 Å². The van der Waals surface area contributed by atoms with Crippen molar-refractivity contribution in [2.24, 2.45) is 11.7 Å². The Morgan fingerprint density at radius 1 is 1.16 bits per heavy atom. The molecule has 13 heteroatoms. The lowest BCUT2D eigenvalue weighted by atomic mass is 10.0. The van der Waals surface area contributed by atoms with E-state index in [-0.39, 0.29) is 33.0 Å². The van der Waals surface area contributed by atoms with Gasteiger partial charge in [0, 0.05) is 11.1 Å². The number of alkyl halides is 5. The Balaban J connectivity index is 1.75. The molecule has 3 N–H and O–H groups in total. The zero-order valence-electron chi connectivity index (χ0n) is 19.4. The number of fused-ring (bicyclic) bond motifs is 1. The van der Waals surface area contributed by atoms with Gasteiger partial charge in [0.2, 0.25) is 5.91 Å². The predicted octanol–water partition coefficient (Wildman–Crippen LogP) is 5.80. The molecule has 194 valence electrons. The minimum atomic E-state index is -4.63. The quantitative estimate of drug-likeness (QED) is 0.291. The second-order valence-electron chi connectivity index (χ2n) is 8.35. The van der Waals surface area contributed by atoms with E-state index in [9.17, 15) is 31.5 Å². The number of hydrogen-bond acceptors (Lipinski definition) is 5. The molecule has 4 rings (SSSR count). The maximum atomic E-state index is 13.6. The van der Waals surface area contributed by atoms with Crippen molar-refractivity contribution in [1.82, 2.24) is 14.8 Å². The van der Waals surface area contributed by atoms with Crippen LogP contribution in [0.1, 0.15) is 40.1 Å². The van der Waals surface area contributed by atoms with Crippen LogP contribution in [0.4, 0.5) is 27.6 Å². The van der Waals surface area contributed by atoms with Gasteiger partial charge in [-0.2, -0.15) is 18.3 Å². The number of amides is 2. The molecule has 0 aliphatic rings. The van der Waals surface area contributed by atoms with E-state index >= 15 is 0 Å². The highest BCUT2D eigenvalue weighted by atomic mass is 32.1. The largest absolute Gasteiger partial charge is 0.435 e. The van der Waals surface area contributed by atoms with Gasteiger partial charge in [-0.25, -0.2) is 13.8 Å². The van der Waals surface area contributed by atoms with Crippen LogP contribution >= 0.6 is 11.3 Å². The summed E-state index contributed by atoms with van der Waals surface area (Å²) in [5.74, 6) is -2.42. The Bertz CT molecular complexity index is 1480. The maximum absolute atomic E-state index is 13.6. The van der Waals surface area contributed by atoms with E-state index in [1.807, 2.05) is 0 Å². The van der Waals surface area contributed by atoms with Crippen molar-refractivity contribution in [1.29, 1.82) is 0 Å². The molecule has 4 aromatic rings. The zero-order chi connectivity index (χ0) is 27.1. The molecule has 1 unspecified atom stereocenters. The number of primary amides is 1. The van der Waals surface area contributed by atoms with Crippen LogP contribution in [0.15, 0.2) is 42.5 Å². The average molecular weight is 538 g/mol. The van der Waals surface area contributed by atoms with Gasteiger partial charge in [0.05, 0.1) is 18.2 Å². The van der Waals surface area contributed by atoms with Crippen LogP contribution in [-0.2, 0) is 17.5 Å². The zero-order valence-corrected chi connectivity index (χ0v) is 20.3. The SMILES string of the molecule is Cc1cc(C(F)(F)F)nn1CC(C)C(=O)Nc1c(C(N)=O)sc2nc(C(F)F)cc(-c3ccccc3)c12. The summed E-state index contributed by atoms with van der Waals surface area (Å²) in [5, 5.41) is 6.42. The van der Waals surface area contributed by atoms with Gasteiger partial charge in [-0.15, -0.1) is 11.3 Å². The van der Waals surface area contributed by atoms with Gasteiger partial charge < -0.3 is 11.1 Å². The molecule has 3 aromatic heterocycles. The van der Waals surface area contributed by atoms with Gasteiger partial charge in [0.25, 0.3) is 12.3 Å². The summed E-state index contributed by atoms with van der Waals surface area (Å²) in [4.78, 5) is 29.3. The van der Waals surface area contributed by atoms with Gasteiger partial charge >= 0.3 is 6.18 Å². The Hall–Kier alpha value is -3.87. The van der Waals surface area contributed by atoms with E-state index in [2.05, 4.69) is 15.4 Å². The molecular weight excluding hydrogens is 517 g/mol. The molecule has 7 nitrogen and oxygen atoms in total. The lowest BCUT2D eigenvalue weighted by Crippen LogP contribution is -2.26. The maximum Gasteiger partial charge on any atom is 0.435 e. The van der Waals surface area contributed by atoms with Gasteiger partial charge in [-0.1, -0.05) is 37.3 Å². The van der Waals surface area contributed by atoms with Crippen molar-refractivity contribution >= 4 is 39.1 Å². The van der Waals surface area contributed by atoms with Crippen LogP contribution in [0, 0.1) is 12.8 Å². The summed E-state index contributed by atoms with van der Waals surface area (Å²) in [5.41, 5.74) is 5.01. The van der Waals surface area contributed by atoms with Crippen molar-refractivity contribution in [3.63, 3.8) is 0 Å². The minimum absolute atomic E-state index is 0.00434. The van der Waals surface area contributed by atoms with Crippen molar-refractivity contribution in [3.8, 4) is 11.1 Å². The van der Waals surface area contributed by atoms with Gasteiger partial charge in [-0.05, 0) is 30.2 Å². The summed E-state index contributed by atoms with van der Waals surface area (Å²) >= 11 is 0.762. The van der Waals surface area contributed by atoms with Gasteiger partial charge in [-0.3, -0.25) is 14.3 Å². The standard InChI is InChI=1S/C24H20F5N5O2S/c1-11(10-34-12(2)8-16(33-34)24(27,28)29)22(36)32-18-17-14(13-6-4-3-5-7-13)9-15(20(25)26)31-23(17)37-19(18)21(30)35/h3-9,11,20H,10H2,1-2H3,(H2,30,35)(H,32,36). The highest BCUT2D eigenvalue weighted by Gasteiger charge is 2.35. The lowest BCUT2D eigenvalue weighted by molar-refractivity contribution is -0.141. The Labute approximate surface area is 211 Å². The normalized spacial score (nSPS) is 12.8. The number of aryl methyl sites for hydroxylation is 1. The van der Waals surface area contributed by atoms with E-state index < -0.39 is 41.7 Å². The van der Waals surface area contributed by atoms with Crippen LogP contribution in [0.25, 0.3) is 21.3 Å². The van der Waals surface area contributed by atoms with Crippen molar-refractivity contribution < 1.29 is 31.5 Å². The number of thiophene rings is 1. The fourth-order valence-electron chi connectivity index (χ4n) is 3.79. The fourth-order valence-corrected chi connectivity index (χ4v) is 4.80. The summed E-state index contributed by atoms with van der Waals surface area (Å²) < 4.78 is 67.3. The molecule has 0 saturated carbocycles. The fraction of sp³-hybridized carbons (Fsp3) is 0.250. The van der Waals surface area contributed by atoms with Crippen LogP contribution < -0.4 is 11.1 Å². The smallest absolute Gasteiger partial charge is 0.365 e. The average Bonchev–Trinajstić information content (AvgIpc) is 3.39. The molecule has 0 radical (unpaired) electrons. The number of carbonyl (C=O) groups is 2. The summed E-state index contributed by atoms with van der Waals surface area (Å²) in [6.45, 7) is 2.73. The second kappa shape index (κ2) is 9.88. The van der Waals surface area contributed by atoms with E-state index in [0.717, 1.165) is 22.1 Å². The van der Waals surface area contributed by atoms with Crippen molar-refractivity contribution in [3.05, 3.63) is 64.4 Å². The van der Waals surface area contributed by atoms with Crippen LogP contribution in [-0.4, -0.2) is 26.6 Å². The number of rotatable bonds is 7. The first-order valence-corrected chi connectivity index (χ1v) is 11.7. The number of benzene rings is 1. The second-order valence-corrected chi connectivity index (χ2v) is 9.35. The monoisotopic (exact) mass is 537 g/mol. The first kappa shape index (κ1) is 26.2. The van der Waals surface area contributed by atoms with E-state index in [4.69, 9.17) is 5.73 Å². The molecule has 0 spiro atoms. The Kier molecular flexibility index (Phi) is 7.00. The van der Waals surface area contributed by atoms with Crippen LogP contribution in [0.5, 0.6) is 0 Å². The third kappa shape index (κ3) is 5.31. The number of nitrogens with zero attached hydrogens (tertiary/aromatic N) is 3. The minimum Gasteiger partial charge on any atom is -0.365 e. The molecule has 0 saturated heterocycles. The van der Waals surface area contributed by atoms with E-state index in [0.29, 0.717) is 11.1 Å². The predicted molar refractivity (Wildman–Crippen MR) is 128 cm³/mol. The van der Waals surface area contributed by atoms with Crippen molar-refractivity contribution in [2.75, 3.05) is 5.32 Å². The number of nitrogens with two attached hydrogens (primary N) is 1. The number of anilines is 1. The molecule has 0 aliphatic heterocycles. The third-order valence-electron chi connectivity index (χ3n) is 5.63. The van der Waals surface area contributed by atoms with Crippen molar-refractivity contribution in [2.45, 2.75) is 33.0 Å². The van der Waals surface area contributed by atoms with Gasteiger partial charge in [0.15, 0.2) is 5.69 Å². The van der Waals surface area contributed by atoms with Crippen LogP contribution in [0.3, 0.4) is 0 Å². The van der Waals surface area contributed by atoms with E-state index in [1.165, 1.54) is 19.9 Å². The first-order chi connectivity index (χ1) is 17.4. The molecule has 1 aromatic carbocycles. The Morgan fingerprint density at radius 2 is 1.84 bits per heavy atom. The Morgan fingerprint density at radius 3 is 2.41 bits per heavy atom. The van der Waals surface area contributed by atoms with Gasteiger partial charge in [0.1, 0.15) is 15.4 Å². The van der Waals surface area contributed by atoms with Crippen LogP contribution in [0.2, 0.25) is 0 Å². The molecule has 37 heavy (non-hydrogen) atoms. The first-order valence-electron chi connectivity index (χ1n) is 10.9. The lowest BCUT2D eigenvalue weighted by Gasteiger charge is -2.15. The number of hydrogen-bond donors (Lipinski definition) is 2. The number of halogens is 5. The molecule has 0 bridgehead atoms. The number of nitrogens with one attached hydrogen (secondary N) is 1. The summed E-state index contributed by atoms with van der Waals surface area (Å²) in [6, 6.07) is 10.6. The molecule has 2 amide bonds. The highest BCUT2D eigenvalue weighted by molar-refractivity contribution is 7.21. The molecule has 1 atom stereocenters. The summed E-state index contributed by atoms with van der Waals surface area (Å²) in [7, 11) is 0. The molecular formula is C24H20F5N5O2S. The summed E-state index contributed by atoms with van der Waals surface area (Å²) in [6.07, 6.45) is -7.52. The number of carbonyl (C=O) groups excluding carboxylic acids is 2. The number of pyridine rings is 1. The number of aromatic nitrogens is 3. The molecule has 3 heterocycles. The van der Waals surface area contributed by atoms with E-state index in [1.54, 1.807) is 30.3 Å². The third-order valence-corrected chi connectivity index (χ3v) is 6.73. The highest BCUT2D eigenvalue weighted by Crippen LogP contribution is 2.42.